The molecule has 1 saturated carbocycles. The van der Waals surface area contributed by atoms with Crippen LogP contribution in [0.25, 0.3) is 0 Å². The van der Waals surface area contributed by atoms with Crippen molar-refractivity contribution in [1.29, 1.82) is 5.26 Å². The maximum Gasteiger partial charge on any atom is 0.154 e. The molecule has 0 spiro atoms. The summed E-state index contributed by atoms with van der Waals surface area (Å²) < 4.78 is 36.3. The SMILES string of the molecule is CCS(=O)(=O)[C@@H]1[C@H](C#N)[C@H]1c1ccc(F)cc1. The number of benzene rings is 1. The van der Waals surface area contributed by atoms with Crippen molar-refractivity contribution in [2.45, 2.75) is 18.1 Å². The topological polar surface area (TPSA) is 57.9 Å². The highest BCUT2D eigenvalue weighted by atomic mass is 32.2. The van der Waals surface area contributed by atoms with Crippen LogP contribution >= 0.6 is 0 Å². The van der Waals surface area contributed by atoms with E-state index >= 15 is 0 Å². The fourth-order valence-corrected chi connectivity index (χ4v) is 3.90. The van der Waals surface area contributed by atoms with Gasteiger partial charge in [-0.15, -0.1) is 0 Å². The van der Waals surface area contributed by atoms with E-state index in [-0.39, 0.29) is 17.5 Å². The van der Waals surface area contributed by atoms with Crippen molar-refractivity contribution < 1.29 is 12.8 Å². The quantitative estimate of drug-likeness (QED) is 0.826. The lowest BCUT2D eigenvalue weighted by molar-refractivity contribution is 0.594. The molecule has 0 aliphatic heterocycles. The minimum atomic E-state index is -3.21. The smallest absolute Gasteiger partial charge is 0.154 e. The van der Waals surface area contributed by atoms with Crippen LogP contribution in [0.5, 0.6) is 0 Å². The van der Waals surface area contributed by atoms with Gasteiger partial charge >= 0.3 is 0 Å². The van der Waals surface area contributed by atoms with Crippen LogP contribution in [0, 0.1) is 23.1 Å². The van der Waals surface area contributed by atoms with Crippen LogP contribution in [-0.2, 0) is 9.84 Å². The maximum atomic E-state index is 12.8. The summed E-state index contributed by atoms with van der Waals surface area (Å²) in [6, 6.07) is 7.70. The van der Waals surface area contributed by atoms with Gasteiger partial charge in [0.15, 0.2) is 9.84 Å². The first-order chi connectivity index (χ1) is 8.01. The van der Waals surface area contributed by atoms with Crippen molar-refractivity contribution in [1.82, 2.24) is 0 Å². The summed E-state index contributed by atoms with van der Waals surface area (Å²) in [6.45, 7) is 1.57. The third-order valence-corrected chi connectivity index (χ3v) is 5.40. The summed E-state index contributed by atoms with van der Waals surface area (Å²) in [5, 5.41) is 8.31. The molecule has 90 valence electrons. The molecule has 1 aliphatic rings. The van der Waals surface area contributed by atoms with Gasteiger partial charge in [-0.2, -0.15) is 5.26 Å². The van der Waals surface area contributed by atoms with Crippen LogP contribution < -0.4 is 0 Å². The lowest BCUT2D eigenvalue weighted by Crippen LogP contribution is -2.12. The molecule has 2 rings (SSSR count). The second-order valence-corrected chi connectivity index (χ2v) is 6.60. The first-order valence-electron chi connectivity index (χ1n) is 5.38. The van der Waals surface area contributed by atoms with Gasteiger partial charge in [0, 0.05) is 11.7 Å². The number of rotatable bonds is 3. The number of halogens is 1. The van der Waals surface area contributed by atoms with E-state index in [1.807, 2.05) is 6.07 Å². The zero-order valence-electron chi connectivity index (χ0n) is 9.30. The lowest BCUT2D eigenvalue weighted by atomic mass is 10.1. The summed E-state index contributed by atoms with van der Waals surface area (Å²) >= 11 is 0. The van der Waals surface area contributed by atoms with Crippen molar-refractivity contribution in [3.05, 3.63) is 35.6 Å². The van der Waals surface area contributed by atoms with Gasteiger partial charge in [-0.1, -0.05) is 19.1 Å². The molecule has 0 N–H and O–H groups in total. The van der Waals surface area contributed by atoms with Crippen LogP contribution in [0.3, 0.4) is 0 Å². The predicted octanol–water partition coefficient (Wildman–Crippen LogP) is 1.87. The van der Waals surface area contributed by atoms with Gasteiger partial charge in [-0.3, -0.25) is 0 Å². The Morgan fingerprint density at radius 3 is 2.41 bits per heavy atom. The largest absolute Gasteiger partial charge is 0.228 e. The van der Waals surface area contributed by atoms with Crippen LogP contribution in [0.1, 0.15) is 18.4 Å². The molecular weight excluding hydrogens is 241 g/mol. The summed E-state index contributed by atoms with van der Waals surface area (Å²) in [5.74, 6) is -1.12. The first kappa shape index (κ1) is 12.1. The molecule has 0 amide bonds. The zero-order valence-corrected chi connectivity index (χ0v) is 10.1. The molecule has 1 aromatic rings. The fourth-order valence-electron chi connectivity index (χ4n) is 2.16. The molecule has 0 radical (unpaired) electrons. The van der Waals surface area contributed by atoms with Crippen LogP contribution in [0.15, 0.2) is 24.3 Å². The molecule has 1 aromatic carbocycles. The Morgan fingerprint density at radius 1 is 1.35 bits per heavy atom. The molecule has 1 aliphatic carbocycles. The third kappa shape index (κ3) is 2.05. The molecule has 17 heavy (non-hydrogen) atoms. The molecule has 0 saturated heterocycles. The predicted molar refractivity (Wildman–Crippen MR) is 61.5 cm³/mol. The average molecular weight is 253 g/mol. The van der Waals surface area contributed by atoms with Crippen LogP contribution in [0.4, 0.5) is 4.39 Å². The Hall–Kier alpha value is -1.41. The van der Waals surface area contributed by atoms with E-state index in [4.69, 9.17) is 5.26 Å². The molecule has 0 unspecified atom stereocenters. The Bertz CT molecular complexity index is 559. The zero-order chi connectivity index (χ0) is 12.6. The Kier molecular flexibility index (Phi) is 2.92. The summed E-state index contributed by atoms with van der Waals surface area (Å²) in [7, 11) is -3.21. The van der Waals surface area contributed by atoms with E-state index in [1.165, 1.54) is 12.1 Å². The highest BCUT2D eigenvalue weighted by Gasteiger charge is 2.58. The number of nitriles is 1. The summed E-state index contributed by atoms with van der Waals surface area (Å²) in [5.41, 5.74) is 0.722. The highest BCUT2D eigenvalue weighted by molar-refractivity contribution is 7.92. The van der Waals surface area contributed by atoms with Crippen molar-refractivity contribution in [3.63, 3.8) is 0 Å². The molecular formula is C12H12FNO2S. The van der Waals surface area contributed by atoms with Crippen LogP contribution in [0.2, 0.25) is 0 Å². The van der Waals surface area contributed by atoms with Gasteiger partial charge in [0.1, 0.15) is 5.82 Å². The normalized spacial score (nSPS) is 27.5. The second kappa shape index (κ2) is 4.11. The first-order valence-corrected chi connectivity index (χ1v) is 7.09. The molecule has 0 bridgehead atoms. The van der Waals surface area contributed by atoms with E-state index in [0.717, 1.165) is 5.56 Å². The number of hydrogen-bond donors (Lipinski definition) is 0. The van der Waals surface area contributed by atoms with Gasteiger partial charge in [0.2, 0.25) is 0 Å². The van der Waals surface area contributed by atoms with Gasteiger partial charge in [0.25, 0.3) is 0 Å². The minimum absolute atomic E-state index is 0.0353. The molecule has 0 aromatic heterocycles. The van der Waals surface area contributed by atoms with E-state index in [0.29, 0.717) is 0 Å². The molecule has 1 fully saturated rings. The van der Waals surface area contributed by atoms with E-state index < -0.39 is 21.0 Å². The minimum Gasteiger partial charge on any atom is -0.228 e. The summed E-state index contributed by atoms with van der Waals surface area (Å²) in [4.78, 5) is 0. The van der Waals surface area contributed by atoms with E-state index in [1.54, 1.807) is 19.1 Å². The highest BCUT2D eigenvalue weighted by Crippen LogP contribution is 2.52. The molecule has 0 heterocycles. The number of nitrogens with zero attached hydrogens (tertiary/aromatic N) is 1. The van der Waals surface area contributed by atoms with Gasteiger partial charge in [-0.25, -0.2) is 12.8 Å². The van der Waals surface area contributed by atoms with Gasteiger partial charge in [-0.05, 0) is 17.7 Å². The van der Waals surface area contributed by atoms with E-state index in [2.05, 4.69) is 0 Å². The maximum absolute atomic E-state index is 12.8. The monoisotopic (exact) mass is 253 g/mol. The second-order valence-electron chi connectivity index (χ2n) is 4.15. The third-order valence-electron chi connectivity index (χ3n) is 3.17. The molecule has 3 atom stereocenters. The van der Waals surface area contributed by atoms with Crippen LogP contribution in [-0.4, -0.2) is 19.4 Å². The molecule has 5 heteroatoms. The van der Waals surface area contributed by atoms with Gasteiger partial charge in [0.05, 0.1) is 17.2 Å². The van der Waals surface area contributed by atoms with Gasteiger partial charge < -0.3 is 0 Å². The van der Waals surface area contributed by atoms with Crippen molar-refractivity contribution >= 4 is 9.84 Å². The Labute approximate surface area is 99.8 Å². The number of hydrogen-bond acceptors (Lipinski definition) is 3. The summed E-state index contributed by atoms with van der Waals surface area (Å²) in [6.07, 6.45) is 0. The number of sulfone groups is 1. The lowest BCUT2D eigenvalue weighted by Gasteiger charge is -2.00. The fraction of sp³-hybridized carbons (Fsp3) is 0.417. The van der Waals surface area contributed by atoms with E-state index in [9.17, 15) is 12.8 Å². The Morgan fingerprint density at radius 2 is 1.94 bits per heavy atom. The standard InChI is InChI=1S/C12H12FNO2S/c1-2-17(15,16)12-10(7-14)11(12)8-3-5-9(13)6-4-8/h3-6,10-12H,2H2,1H3/t10-,11-,12-/m1/s1. The Balaban J connectivity index is 2.30. The average Bonchev–Trinajstić information content (AvgIpc) is 3.05. The van der Waals surface area contributed by atoms with Crippen molar-refractivity contribution in [2.75, 3.05) is 5.75 Å². The molecule has 3 nitrogen and oxygen atoms in total. The van der Waals surface area contributed by atoms with Crippen molar-refractivity contribution in [3.8, 4) is 6.07 Å². The van der Waals surface area contributed by atoms with Crippen molar-refractivity contribution in [2.24, 2.45) is 5.92 Å².